The summed E-state index contributed by atoms with van der Waals surface area (Å²) in [5.41, 5.74) is 5.41. The molecule has 0 bridgehead atoms. The van der Waals surface area contributed by atoms with Crippen LogP contribution in [0, 0.1) is 35.5 Å². The maximum Gasteiger partial charge on any atom is 0.309 e. The number of rotatable bonds is 15. The van der Waals surface area contributed by atoms with Gasteiger partial charge in [-0.2, -0.15) is 0 Å². The second-order valence-corrected chi connectivity index (χ2v) is 13.3. The van der Waals surface area contributed by atoms with Gasteiger partial charge in [-0.25, -0.2) is 4.98 Å². The molecule has 0 amide bonds. The molecule has 10 atom stereocenters. The molecule has 3 aliphatic rings. The number of anilines is 1. The Morgan fingerprint density at radius 2 is 1.86 bits per heavy atom. The van der Waals surface area contributed by atoms with Gasteiger partial charge in [0.2, 0.25) is 0 Å². The lowest BCUT2D eigenvalue weighted by molar-refractivity contribution is -0.149. The monoisotopic (exact) mass is 584 g/mol. The summed E-state index contributed by atoms with van der Waals surface area (Å²) in [7, 11) is 0. The van der Waals surface area contributed by atoms with E-state index < -0.39 is 35.6 Å². The van der Waals surface area contributed by atoms with Crippen molar-refractivity contribution in [2.75, 3.05) is 5.73 Å². The van der Waals surface area contributed by atoms with E-state index in [9.17, 15) is 30.3 Å². The van der Waals surface area contributed by atoms with Crippen LogP contribution < -0.4 is 5.73 Å². The summed E-state index contributed by atoms with van der Waals surface area (Å²) in [6.45, 7) is 2.20. The van der Waals surface area contributed by atoms with E-state index in [1.165, 1.54) is 19.3 Å². The van der Waals surface area contributed by atoms with Gasteiger partial charge in [0, 0.05) is 24.0 Å². The molecule has 10 unspecified atom stereocenters. The molecule has 3 aliphatic carbocycles. The number of carboxylic acid groups (broad SMARTS) is 1. The fourth-order valence-electron chi connectivity index (χ4n) is 7.75. The van der Waals surface area contributed by atoms with Crippen molar-refractivity contribution in [2.24, 2.45) is 35.5 Å². The van der Waals surface area contributed by atoms with Gasteiger partial charge >= 0.3 is 5.97 Å². The van der Waals surface area contributed by atoms with Gasteiger partial charge in [-0.1, -0.05) is 69.8 Å². The molecule has 0 aromatic carbocycles. The zero-order valence-electron chi connectivity index (χ0n) is 25.1. The van der Waals surface area contributed by atoms with Gasteiger partial charge in [-0.3, -0.25) is 4.79 Å². The van der Waals surface area contributed by atoms with Crippen molar-refractivity contribution in [3.05, 3.63) is 48.2 Å². The van der Waals surface area contributed by atoms with Crippen LogP contribution in [0.5, 0.6) is 0 Å². The van der Waals surface area contributed by atoms with E-state index in [1.54, 1.807) is 12.3 Å². The van der Waals surface area contributed by atoms with Crippen molar-refractivity contribution >= 4 is 11.8 Å². The number of aliphatic hydroxyl groups excluding tert-OH is 3. The smallest absolute Gasteiger partial charge is 0.309 e. The molecular weight excluding hydrogens is 532 g/mol. The van der Waals surface area contributed by atoms with Crippen molar-refractivity contribution in [1.82, 2.24) is 4.98 Å². The average Bonchev–Trinajstić information content (AvgIpc) is 3.19. The molecule has 8 heteroatoms. The zero-order valence-corrected chi connectivity index (χ0v) is 25.1. The van der Waals surface area contributed by atoms with Gasteiger partial charge in [0.05, 0.1) is 29.8 Å². The summed E-state index contributed by atoms with van der Waals surface area (Å²) in [5.74, 6) is -1.76. The first-order valence-corrected chi connectivity index (χ1v) is 16.2. The van der Waals surface area contributed by atoms with Crippen LogP contribution in [0.2, 0.25) is 0 Å². The number of unbranched alkanes of at least 4 members (excludes halogenated alkanes) is 4. The molecule has 4 rings (SSSR count). The molecule has 1 fully saturated rings. The Hall–Kier alpha value is -2.26. The van der Waals surface area contributed by atoms with E-state index in [1.807, 2.05) is 18.2 Å². The minimum atomic E-state index is -1.41. The van der Waals surface area contributed by atoms with Gasteiger partial charge in [-0.05, 0) is 74.5 Å². The Bertz CT molecular complexity index is 1080. The molecule has 1 aromatic rings. The highest BCUT2D eigenvalue weighted by atomic mass is 16.4. The highest BCUT2D eigenvalue weighted by Gasteiger charge is 2.55. The predicted octanol–water partition coefficient (Wildman–Crippen LogP) is 4.66. The fourth-order valence-corrected chi connectivity index (χ4v) is 7.75. The van der Waals surface area contributed by atoms with E-state index >= 15 is 0 Å². The third-order valence-electron chi connectivity index (χ3n) is 10.2. The second-order valence-electron chi connectivity index (χ2n) is 13.3. The molecule has 0 spiro atoms. The molecule has 0 radical (unpaired) electrons. The molecule has 7 N–H and O–H groups in total. The number of hydrogen-bond acceptors (Lipinski definition) is 7. The molecule has 1 heterocycles. The summed E-state index contributed by atoms with van der Waals surface area (Å²) in [4.78, 5) is 16.2. The van der Waals surface area contributed by atoms with E-state index in [0.717, 1.165) is 37.7 Å². The topological polar surface area (TPSA) is 157 Å². The average molecular weight is 585 g/mol. The zero-order chi connectivity index (χ0) is 30.3. The Morgan fingerprint density at radius 1 is 1.07 bits per heavy atom. The molecule has 234 valence electrons. The first-order chi connectivity index (χ1) is 20.1. The maximum absolute atomic E-state index is 12.2. The minimum absolute atomic E-state index is 0.000819. The Labute approximate surface area is 250 Å². The van der Waals surface area contributed by atoms with Crippen LogP contribution >= 0.6 is 0 Å². The highest BCUT2D eigenvalue weighted by Crippen LogP contribution is 2.50. The number of pyridine rings is 1. The van der Waals surface area contributed by atoms with Gasteiger partial charge in [0.1, 0.15) is 5.82 Å². The van der Waals surface area contributed by atoms with Crippen LogP contribution in [0.15, 0.2) is 42.6 Å². The standard InChI is InChI=1S/C34H52N2O6/c1-2-3-5-8-22-11-12-24(29(37)18-22)9-6-4-7-10-27(33(40)41)32(39)25-13-14-28-26(20-30(38)34(28,42)21-25)17-23-15-16-36-31(35)19-23/h11-16,19,22,24-30,32,37-39,42H,2-10,17-18,20-21H2,1H3,(H2,35,36)(H,40,41). The normalized spacial score (nSPS) is 33.8. The molecule has 1 aromatic heterocycles. The Morgan fingerprint density at radius 3 is 2.57 bits per heavy atom. The van der Waals surface area contributed by atoms with E-state index in [2.05, 4.69) is 24.1 Å². The summed E-state index contributed by atoms with van der Waals surface area (Å²) in [6.07, 6.45) is 17.8. The summed E-state index contributed by atoms with van der Waals surface area (Å²) < 4.78 is 0. The van der Waals surface area contributed by atoms with Gasteiger partial charge in [0.15, 0.2) is 0 Å². The van der Waals surface area contributed by atoms with Crippen molar-refractivity contribution in [1.29, 1.82) is 0 Å². The SMILES string of the molecule is CCCCCC1C=CC(CCCCCC(C(=O)O)C(O)C2C=CC3C(Cc4ccnc(N)c4)CC(O)C3(O)C2)C(O)C1. The predicted molar refractivity (Wildman–Crippen MR) is 163 cm³/mol. The number of hydrogen-bond donors (Lipinski definition) is 6. The van der Waals surface area contributed by atoms with Gasteiger partial charge in [0.25, 0.3) is 0 Å². The number of nitrogen functional groups attached to an aromatic ring is 1. The molecule has 1 saturated carbocycles. The van der Waals surface area contributed by atoms with E-state index in [-0.39, 0.29) is 30.3 Å². The molecule has 0 saturated heterocycles. The van der Waals surface area contributed by atoms with E-state index in [0.29, 0.717) is 37.4 Å². The van der Waals surface area contributed by atoms with Crippen LogP contribution in [0.1, 0.15) is 89.5 Å². The van der Waals surface area contributed by atoms with Crippen LogP contribution in [-0.2, 0) is 11.2 Å². The summed E-state index contributed by atoms with van der Waals surface area (Å²) in [6, 6.07) is 3.69. The third-order valence-corrected chi connectivity index (χ3v) is 10.2. The lowest BCUT2D eigenvalue weighted by Gasteiger charge is -2.41. The number of carboxylic acids is 1. The van der Waals surface area contributed by atoms with Crippen molar-refractivity contribution in [3.63, 3.8) is 0 Å². The lowest BCUT2D eigenvalue weighted by Crippen LogP contribution is -2.49. The third kappa shape index (κ3) is 8.01. The number of nitrogens with two attached hydrogens (primary N) is 1. The number of carbonyl (C=O) groups is 1. The van der Waals surface area contributed by atoms with Crippen LogP contribution in [0.4, 0.5) is 5.82 Å². The summed E-state index contributed by atoms with van der Waals surface area (Å²) >= 11 is 0. The largest absolute Gasteiger partial charge is 0.481 e. The number of fused-ring (bicyclic) bond motifs is 1. The van der Waals surface area contributed by atoms with Crippen molar-refractivity contribution < 1.29 is 30.3 Å². The van der Waals surface area contributed by atoms with Crippen LogP contribution in [0.3, 0.4) is 0 Å². The van der Waals surface area contributed by atoms with Crippen LogP contribution in [-0.4, -0.2) is 60.4 Å². The molecule has 42 heavy (non-hydrogen) atoms. The Kier molecular flexibility index (Phi) is 11.6. The van der Waals surface area contributed by atoms with Crippen molar-refractivity contribution in [2.45, 2.75) is 114 Å². The van der Waals surface area contributed by atoms with Gasteiger partial charge < -0.3 is 31.3 Å². The molecule has 0 aliphatic heterocycles. The highest BCUT2D eigenvalue weighted by molar-refractivity contribution is 5.70. The minimum Gasteiger partial charge on any atom is -0.481 e. The molecular formula is C34H52N2O6. The fraction of sp³-hybridized carbons (Fsp3) is 0.706. The lowest BCUT2D eigenvalue weighted by atomic mass is 9.70. The Balaban J connectivity index is 1.26. The number of allylic oxidation sites excluding steroid dienone is 1. The number of nitrogens with zero attached hydrogens (tertiary/aromatic N) is 1. The second kappa shape index (κ2) is 15.0. The van der Waals surface area contributed by atoms with E-state index in [4.69, 9.17) is 5.73 Å². The molecule has 8 nitrogen and oxygen atoms in total. The number of aromatic nitrogens is 1. The number of aliphatic carboxylic acids is 1. The first kappa shape index (κ1) is 32.6. The maximum atomic E-state index is 12.2. The van der Waals surface area contributed by atoms with Crippen LogP contribution in [0.25, 0.3) is 0 Å². The first-order valence-electron chi connectivity index (χ1n) is 16.2. The quantitative estimate of drug-likeness (QED) is 0.128. The number of aliphatic hydroxyl groups is 4. The van der Waals surface area contributed by atoms with Crippen molar-refractivity contribution in [3.8, 4) is 0 Å². The van der Waals surface area contributed by atoms with Gasteiger partial charge in [-0.15, -0.1) is 0 Å². The summed E-state index contributed by atoms with van der Waals surface area (Å²) in [5, 5.41) is 54.2.